The summed E-state index contributed by atoms with van der Waals surface area (Å²) in [6.45, 7) is 0.736. The first kappa shape index (κ1) is 24.7. The van der Waals surface area contributed by atoms with Crippen LogP contribution in [0.15, 0.2) is 48.7 Å². The number of primary amides is 1. The van der Waals surface area contributed by atoms with E-state index in [0.29, 0.717) is 37.0 Å². The number of hydrogen-bond donors (Lipinski definition) is 2. The van der Waals surface area contributed by atoms with Gasteiger partial charge in [-0.1, -0.05) is 43.5 Å². The normalized spacial score (nSPS) is 15.7. The number of ether oxygens (including phenoxy) is 1. The Balaban J connectivity index is 1.38. The summed E-state index contributed by atoms with van der Waals surface area (Å²) < 4.78 is 44.0. The Kier molecular flexibility index (Phi) is 7.11. The molecule has 0 spiro atoms. The van der Waals surface area contributed by atoms with Gasteiger partial charge in [0.2, 0.25) is 0 Å². The first-order valence-corrected chi connectivity index (χ1v) is 11.5. The molecule has 1 fully saturated rings. The Labute approximate surface area is 200 Å². The van der Waals surface area contributed by atoms with Gasteiger partial charge in [0.15, 0.2) is 0 Å². The van der Waals surface area contributed by atoms with Crippen LogP contribution in [0.3, 0.4) is 0 Å². The minimum absolute atomic E-state index is 0.239. The van der Waals surface area contributed by atoms with E-state index in [4.69, 9.17) is 5.73 Å². The van der Waals surface area contributed by atoms with Gasteiger partial charge in [0.1, 0.15) is 5.52 Å². The molecule has 1 aliphatic carbocycles. The topological polar surface area (TPSA) is 99.2 Å². The molecule has 1 aromatic heterocycles. The van der Waals surface area contributed by atoms with Crippen LogP contribution < -0.4 is 11.1 Å². The Morgan fingerprint density at radius 3 is 2.46 bits per heavy atom. The molecule has 0 unspecified atom stereocenters. The van der Waals surface area contributed by atoms with Gasteiger partial charge >= 0.3 is 12.1 Å². The quantitative estimate of drug-likeness (QED) is 0.462. The number of carbonyl (C=O) groups is 2. The fourth-order valence-electron chi connectivity index (χ4n) is 4.59. The number of rotatable bonds is 8. The number of halogens is 3. The van der Waals surface area contributed by atoms with Gasteiger partial charge in [0.05, 0.1) is 17.9 Å². The van der Waals surface area contributed by atoms with Crippen LogP contribution in [-0.4, -0.2) is 41.0 Å². The van der Waals surface area contributed by atoms with E-state index in [1.165, 1.54) is 0 Å². The summed E-state index contributed by atoms with van der Waals surface area (Å²) >= 11 is 0. The largest absolute Gasteiger partial charge is 0.490 e. The number of hydrogen-bond acceptors (Lipinski definition) is 5. The van der Waals surface area contributed by atoms with E-state index in [1.54, 1.807) is 16.8 Å². The van der Waals surface area contributed by atoms with Crippen molar-refractivity contribution in [3.63, 3.8) is 0 Å². The van der Waals surface area contributed by atoms with Crippen LogP contribution in [0.2, 0.25) is 0 Å². The second-order valence-electron chi connectivity index (χ2n) is 9.09. The molecule has 0 atom stereocenters. The van der Waals surface area contributed by atoms with Crippen LogP contribution in [0.4, 0.5) is 13.2 Å². The Morgan fingerprint density at radius 1 is 1.09 bits per heavy atom. The molecule has 0 aliphatic heterocycles. The first-order valence-electron chi connectivity index (χ1n) is 11.5. The zero-order chi connectivity index (χ0) is 25.1. The second-order valence-corrected chi connectivity index (χ2v) is 9.09. The molecule has 0 bridgehead atoms. The minimum Gasteiger partial charge on any atom is -0.458 e. The average Bonchev–Trinajstić information content (AvgIpc) is 3.27. The van der Waals surface area contributed by atoms with Gasteiger partial charge in [0.25, 0.3) is 5.91 Å². The van der Waals surface area contributed by atoms with E-state index in [1.807, 2.05) is 36.5 Å². The fourth-order valence-corrected chi connectivity index (χ4v) is 4.59. The molecule has 3 N–H and O–H groups in total. The Hall–Kier alpha value is -3.40. The lowest BCUT2D eigenvalue weighted by Crippen LogP contribution is -2.41. The van der Waals surface area contributed by atoms with Gasteiger partial charge < -0.3 is 15.8 Å². The van der Waals surface area contributed by atoms with E-state index < -0.39 is 23.5 Å². The zero-order valence-corrected chi connectivity index (χ0v) is 19.1. The smallest absolute Gasteiger partial charge is 0.458 e. The average molecular weight is 489 g/mol. The summed E-state index contributed by atoms with van der Waals surface area (Å²) in [6.07, 6.45) is 1.09. The van der Waals surface area contributed by atoms with Crippen molar-refractivity contribution in [1.29, 1.82) is 0 Å². The molecule has 1 saturated carbocycles. The van der Waals surface area contributed by atoms with E-state index in [9.17, 15) is 22.8 Å². The molecule has 2 aromatic carbocycles. The highest BCUT2D eigenvalue weighted by molar-refractivity contribution is 6.04. The molecule has 0 saturated heterocycles. The lowest BCUT2D eigenvalue weighted by molar-refractivity contribution is -0.203. The van der Waals surface area contributed by atoms with E-state index in [0.717, 1.165) is 35.9 Å². The number of amides is 1. The van der Waals surface area contributed by atoms with Crippen molar-refractivity contribution in [2.75, 3.05) is 13.2 Å². The van der Waals surface area contributed by atoms with E-state index in [-0.39, 0.29) is 6.61 Å². The van der Waals surface area contributed by atoms with Gasteiger partial charge in [-0.25, -0.2) is 9.48 Å². The third-order valence-electron chi connectivity index (χ3n) is 6.49. The summed E-state index contributed by atoms with van der Waals surface area (Å²) in [5.41, 5.74) is 7.64. The first-order chi connectivity index (χ1) is 16.7. The summed E-state index contributed by atoms with van der Waals surface area (Å²) in [6, 6.07) is 12.9. The molecule has 7 nitrogen and oxygen atoms in total. The molecule has 0 radical (unpaired) electrons. The number of fused-ring (bicyclic) bond motifs is 1. The molecule has 1 heterocycles. The van der Waals surface area contributed by atoms with Crippen molar-refractivity contribution in [2.45, 2.75) is 44.8 Å². The van der Waals surface area contributed by atoms with Crippen LogP contribution >= 0.6 is 0 Å². The van der Waals surface area contributed by atoms with Crippen LogP contribution in [0.5, 0.6) is 0 Å². The maximum atomic E-state index is 12.6. The number of nitrogens with two attached hydrogens (primary N) is 1. The summed E-state index contributed by atoms with van der Waals surface area (Å²) in [5.74, 6) is -2.67. The third kappa shape index (κ3) is 5.82. The van der Waals surface area contributed by atoms with Gasteiger partial charge in [-0.15, -0.1) is 0 Å². The SMILES string of the molecule is NC(=O)c1cccc2cn(-c3ccc(CNCC4(COC(=O)C(F)(F)F)CCCCC4)cc3)nc12. The fraction of sp³-hybridized carbons (Fsp3) is 0.400. The van der Waals surface area contributed by atoms with Gasteiger partial charge in [-0.2, -0.15) is 18.3 Å². The molecule has 186 valence electrons. The van der Waals surface area contributed by atoms with Crippen molar-refractivity contribution in [3.05, 3.63) is 59.8 Å². The molecule has 4 rings (SSSR count). The molecular weight excluding hydrogens is 461 g/mol. The standard InChI is InChI=1S/C25H27F3N4O3/c26-25(27,28)23(34)35-16-24(11-2-1-3-12-24)15-30-13-17-7-9-19(10-8-17)32-14-18-5-4-6-20(22(29)33)21(18)31-32/h4-10,14,30H,1-3,11-13,15-16H2,(H2,29,33). The van der Waals surface area contributed by atoms with Crippen LogP contribution in [-0.2, 0) is 16.1 Å². The maximum absolute atomic E-state index is 12.6. The molecular formula is C25H27F3N4O3. The third-order valence-corrected chi connectivity index (χ3v) is 6.49. The van der Waals surface area contributed by atoms with Gasteiger partial charge in [-0.3, -0.25) is 4.79 Å². The molecule has 3 aromatic rings. The number of nitrogens with one attached hydrogen (secondary N) is 1. The maximum Gasteiger partial charge on any atom is 0.490 e. The lowest BCUT2D eigenvalue weighted by Gasteiger charge is -2.37. The van der Waals surface area contributed by atoms with Crippen LogP contribution in [0, 0.1) is 5.41 Å². The van der Waals surface area contributed by atoms with Gasteiger partial charge in [-0.05, 0) is 36.6 Å². The highest BCUT2D eigenvalue weighted by atomic mass is 19.4. The summed E-state index contributed by atoms with van der Waals surface area (Å²) in [5, 5.41) is 8.63. The van der Waals surface area contributed by atoms with Crippen LogP contribution in [0.1, 0.15) is 48.0 Å². The van der Waals surface area contributed by atoms with E-state index >= 15 is 0 Å². The number of aromatic nitrogens is 2. The van der Waals surface area contributed by atoms with Gasteiger partial charge in [0, 0.05) is 30.1 Å². The van der Waals surface area contributed by atoms with Crippen molar-refractivity contribution >= 4 is 22.8 Å². The van der Waals surface area contributed by atoms with Crippen molar-refractivity contribution in [3.8, 4) is 5.69 Å². The van der Waals surface area contributed by atoms with Crippen molar-refractivity contribution < 1.29 is 27.5 Å². The Bertz CT molecular complexity index is 1200. The molecule has 1 amide bonds. The number of benzene rings is 2. The number of carbonyl (C=O) groups excluding carboxylic acids is 2. The molecule has 35 heavy (non-hydrogen) atoms. The number of nitrogens with zero attached hydrogens (tertiary/aromatic N) is 2. The van der Waals surface area contributed by atoms with E-state index in [2.05, 4.69) is 15.2 Å². The predicted molar refractivity (Wildman–Crippen MR) is 124 cm³/mol. The summed E-state index contributed by atoms with van der Waals surface area (Å²) in [4.78, 5) is 22.9. The van der Waals surface area contributed by atoms with Crippen LogP contribution in [0.25, 0.3) is 16.6 Å². The monoisotopic (exact) mass is 488 g/mol. The predicted octanol–water partition coefficient (Wildman–Crippen LogP) is 4.27. The highest BCUT2D eigenvalue weighted by Crippen LogP contribution is 2.36. The Morgan fingerprint density at radius 2 is 1.80 bits per heavy atom. The minimum atomic E-state index is -4.98. The number of esters is 1. The van der Waals surface area contributed by atoms with Crippen molar-refractivity contribution in [2.24, 2.45) is 11.1 Å². The highest BCUT2D eigenvalue weighted by Gasteiger charge is 2.43. The summed E-state index contributed by atoms with van der Waals surface area (Å²) in [7, 11) is 0. The second kappa shape index (κ2) is 10.1. The molecule has 10 heteroatoms. The number of alkyl halides is 3. The zero-order valence-electron chi connectivity index (χ0n) is 19.1. The van der Waals surface area contributed by atoms with Crippen molar-refractivity contribution in [1.82, 2.24) is 15.1 Å². The molecule has 1 aliphatic rings. The lowest BCUT2D eigenvalue weighted by atomic mass is 9.74.